The van der Waals surface area contributed by atoms with E-state index in [-0.39, 0.29) is 17.7 Å². The zero-order valence-electron chi connectivity index (χ0n) is 8.14. The molecule has 0 radical (unpaired) electrons. The fourth-order valence-electron chi connectivity index (χ4n) is 1.83. The number of ether oxygens (including phenoxy) is 1. The van der Waals surface area contributed by atoms with Gasteiger partial charge in [0, 0.05) is 13.3 Å². The van der Waals surface area contributed by atoms with Crippen molar-refractivity contribution in [3.8, 4) is 0 Å². The molecule has 4 heteroatoms. The summed E-state index contributed by atoms with van der Waals surface area (Å²) in [7, 11) is 1.67. The monoisotopic (exact) mass is 194 g/mol. The van der Waals surface area contributed by atoms with E-state index >= 15 is 0 Å². The van der Waals surface area contributed by atoms with E-state index in [9.17, 15) is 4.79 Å². The van der Waals surface area contributed by atoms with Crippen molar-refractivity contribution in [2.75, 3.05) is 12.8 Å². The number of nitrogens with two attached hydrogens (primary N) is 1. The quantitative estimate of drug-likeness (QED) is 0.757. The highest BCUT2D eigenvalue weighted by Crippen LogP contribution is 2.33. The zero-order valence-corrected chi connectivity index (χ0v) is 8.14. The van der Waals surface area contributed by atoms with Crippen LogP contribution < -0.4 is 11.3 Å². The van der Waals surface area contributed by atoms with Crippen LogP contribution in [0.3, 0.4) is 0 Å². The second kappa shape index (κ2) is 3.46. The van der Waals surface area contributed by atoms with Gasteiger partial charge in [-0.15, -0.1) is 0 Å². The van der Waals surface area contributed by atoms with Gasteiger partial charge in [-0.25, -0.2) is 0 Å². The Morgan fingerprint density at radius 3 is 2.93 bits per heavy atom. The van der Waals surface area contributed by atoms with E-state index in [2.05, 4.69) is 0 Å². The summed E-state index contributed by atoms with van der Waals surface area (Å²) in [6.45, 7) is 0. The number of nitrogen functional groups attached to an aromatic ring is 1. The van der Waals surface area contributed by atoms with Crippen LogP contribution in [0.1, 0.15) is 18.9 Å². The summed E-state index contributed by atoms with van der Waals surface area (Å²) in [6.07, 6.45) is 3.94. The van der Waals surface area contributed by atoms with Crippen LogP contribution in [0.2, 0.25) is 0 Å². The number of methoxy groups -OCH3 is 1. The minimum Gasteiger partial charge on any atom is -0.394 e. The van der Waals surface area contributed by atoms with Gasteiger partial charge in [0.25, 0.3) is 5.56 Å². The Morgan fingerprint density at radius 2 is 2.36 bits per heavy atom. The van der Waals surface area contributed by atoms with Crippen LogP contribution in [0.4, 0.5) is 5.69 Å². The molecule has 1 unspecified atom stereocenters. The predicted octanol–water partition coefficient (Wildman–Crippen LogP) is 0.780. The van der Waals surface area contributed by atoms with E-state index in [1.165, 1.54) is 0 Å². The minimum atomic E-state index is -0.112. The van der Waals surface area contributed by atoms with Crippen molar-refractivity contribution < 1.29 is 4.74 Å². The number of rotatable bonds is 2. The Balaban J connectivity index is 2.33. The van der Waals surface area contributed by atoms with E-state index in [0.717, 1.165) is 12.8 Å². The molecule has 1 aliphatic carbocycles. The molecular formula is C10H14N2O2. The second-order valence-electron chi connectivity index (χ2n) is 3.59. The SMILES string of the molecule is CO[C@@H]1CCC1n1cccc(N)c1=O. The van der Waals surface area contributed by atoms with Crippen LogP contribution in [-0.4, -0.2) is 17.8 Å². The van der Waals surface area contributed by atoms with Gasteiger partial charge in [-0.1, -0.05) is 0 Å². The van der Waals surface area contributed by atoms with Crippen LogP contribution >= 0.6 is 0 Å². The molecule has 0 aliphatic heterocycles. The van der Waals surface area contributed by atoms with Crippen LogP contribution in [-0.2, 0) is 4.74 Å². The maximum absolute atomic E-state index is 11.6. The van der Waals surface area contributed by atoms with Gasteiger partial charge in [-0.05, 0) is 25.0 Å². The van der Waals surface area contributed by atoms with Crippen molar-refractivity contribution in [2.24, 2.45) is 0 Å². The molecule has 1 heterocycles. The smallest absolute Gasteiger partial charge is 0.274 e. The highest BCUT2D eigenvalue weighted by Gasteiger charge is 2.32. The molecule has 1 saturated carbocycles. The van der Waals surface area contributed by atoms with Crippen molar-refractivity contribution in [1.82, 2.24) is 4.57 Å². The predicted molar refractivity (Wildman–Crippen MR) is 54.2 cm³/mol. The molecule has 0 spiro atoms. The third kappa shape index (κ3) is 1.32. The highest BCUT2D eigenvalue weighted by atomic mass is 16.5. The van der Waals surface area contributed by atoms with Crippen molar-refractivity contribution in [3.63, 3.8) is 0 Å². The van der Waals surface area contributed by atoms with Crippen molar-refractivity contribution in [2.45, 2.75) is 25.0 Å². The zero-order chi connectivity index (χ0) is 10.1. The summed E-state index contributed by atoms with van der Waals surface area (Å²) >= 11 is 0. The Kier molecular flexibility index (Phi) is 2.29. The summed E-state index contributed by atoms with van der Waals surface area (Å²) < 4.78 is 6.92. The lowest BCUT2D eigenvalue weighted by Crippen LogP contribution is -2.40. The third-order valence-electron chi connectivity index (χ3n) is 2.84. The van der Waals surface area contributed by atoms with Gasteiger partial charge in [0.15, 0.2) is 0 Å². The molecule has 1 fully saturated rings. The Labute approximate surface area is 82.3 Å². The molecule has 0 amide bonds. The van der Waals surface area contributed by atoms with E-state index in [1.54, 1.807) is 30.0 Å². The molecule has 1 aromatic heterocycles. The molecule has 76 valence electrons. The van der Waals surface area contributed by atoms with Crippen molar-refractivity contribution in [1.29, 1.82) is 0 Å². The molecule has 1 aliphatic rings. The van der Waals surface area contributed by atoms with E-state index in [1.807, 2.05) is 0 Å². The molecule has 2 rings (SSSR count). The summed E-state index contributed by atoms with van der Waals surface area (Å²) in [5, 5.41) is 0. The number of hydrogen-bond acceptors (Lipinski definition) is 3. The fourth-order valence-corrected chi connectivity index (χ4v) is 1.83. The van der Waals surface area contributed by atoms with Gasteiger partial charge < -0.3 is 15.0 Å². The lowest BCUT2D eigenvalue weighted by molar-refractivity contribution is -0.0103. The molecule has 14 heavy (non-hydrogen) atoms. The molecule has 1 aromatic rings. The van der Waals surface area contributed by atoms with Gasteiger partial charge in [0.05, 0.1) is 17.8 Å². The van der Waals surface area contributed by atoms with Gasteiger partial charge in [-0.2, -0.15) is 0 Å². The van der Waals surface area contributed by atoms with Crippen LogP contribution in [0.15, 0.2) is 23.1 Å². The van der Waals surface area contributed by atoms with Gasteiger partial charge in [0.2, 0.25) is 0 Å². The molecule has 2 N–H and O–H groups in total. The third-order valence-corrected chi connectivity index (χ3v) is 2.84. The standard InChI is InChI=1S/C10H14N2O2/c1-14-9-5-4-8(9)12-6-2-3-7(11)10(12)13/h2-3,6,8-9H,4-5,11H2,1H3/t8?,9-/m1/s1. The van der Waals surface area contributed by atoms with Gasteiger partial charge in [-0.3, -0.25) is 4.79 Å². The lowest BCUT2D eigenvalue weighted by atomic mass is 9.88. The maximum atomic E-state index is 11.6. The van der Waals surface area contributed by atoms with Crippen LogP contribution in [0, 0.1) is 0 Å². The summed E-state index contributed by atoms with van der Waals surface area (Å²) in [4.78, 5) is 11.6. The summed E-state index contributed by atoms with van der Waals surface area (Å²) in [6, 6.07) is 3.58. The van der Waals surface area contributed by atoms with Crippen LogP contribution in [0.25, 0.3) is 0 Å². The van der Waals surface area contributed by atoms with E-state index in [0.29, 0.717) is 5.69 Å². The average molecular weight is 194 g/mol. The summed E-state index contributed by atoms with van der Waals surface area (Å²) in [5.41, 5.74) is 5.74. The minimum absolute atomic E-state index is 0.112. The summed E-state index contributed by atoms with van der Waals surface area (Å²) in [5.74, 6) is 0. The van der Waals surface area contributed by atoms with Crippen LogP contribution in [0.5, 0.6) is 0 Å². The molecule has 0 saturated heterocycles. The van der Waals surface area contributed by atoms with Crippen molar-refractivity contribution >= 4 is 5.69 Å². The lowest BCUT2D eigenvalue weighted by Gasteiger charge is -2.36. The maximum Gasteiger partial charge on any atom is 0.274 e. The fraction of sp³-hybridized carbons (Fsp3) is 0.500. The largest absolute Gasteiger partial charge is 0.394 e. The first-order valence-electron chi connectivity index (χ1n) is 4.73. The highest BCUT2D eigenvalue weighted by molar-refractivity contribution is 5.33. The molecule has 0 bridgehead atoms. The first-order valence-corrected chi connectivity index (χ1v) is 4.73. The number of aromatic nitrogens is 1. The normalized spacial score (nSPS) is 25.8. The Bertz CT molecular complexity index is 384. The average Bonchev–Trinajstić information content (AvgIpc) is 2.12. The first kappa shape index (κ1) is 9.27. The number of pyridine rings is 1. The second-order valence-corrected chi connectivity index (χ2v) is 3.59. The number of nitrogens with zero attached hydrogens (tertiary/aromatic N) is 1. The van der Waals surface area contributed by atoms with Crippen molar-refractivity contribution in [3.05, 3.63) is 28.7 Å². The van der Waals surface area contributed by atoms with Gasteiger partial charge in [0.1, 0.15) is 0 Å². The number of hydrogen-bond donors (Lipinski definition) is 1. The Hall–Kier alpha value is -1.29. The molecular weight excluding hydrogens is 180 g/mol. The topological polar surface area (TPSA) is 57.2 Å². The van der Waals surface area contributed by atoms with E-state index < -0.39 is 0 Å². The Morgan fingerprint density at radius 1 is 1.57 bits per heavy atom. The molecule has 2 atom stereocenters. The molecule has 4 nitrogen and oxygen atoms in total. The van der Waals surface area contributed by atoms with Gasteiger partial charge >= 0.3 is 0 Å². The van der Waals surface area contributed by atoms with E-state index in [4.69, 9.17) is 10.5 Å². The first-order chi connectivity index (χ1) is 6.74. The number of anilines is 1. The molecule has 0 aromatic carbocycles.